The number of hydrogen-bond acceptors (Lipinski definition) is 5. The van der Waals surface area contributed by atoms with Gasteiger partial charge in [-0.2, -0.15) is 0 Å². The van der Waals surface area contributed by atoms with Crippen molar-refractivity contribution in [2.75, 3.05) is 39.3 Å². The summed E-state index contributed by atoms with van der Waals surface area (Å²) < 4.78 is 0. The quantitative estimate of drug-likeness (QED) is 0.675. The number of amides is 3. The van der Waals surface area contributed by atoms with Gasteiger partial charge in [-0.3, -0.25) is 24.6 Å². The van der Waals surface area contributed by atoms with Gasteiger partial charge in [0.25, 0.3) is 5.91 Å². The monoisotopic (exact) mass is 442 g/mol. The van der Waals surface area contributed by atoms with Crippen molar-refractivity contribution in [2.45, 2.75) is 25.3 Å². The molecule has 2 unspecified atom stereocenters. The van der Waals surface area contributed by atoms with Crippen LogP contribution in [0.4, 0.5) is 0 Å². The molecule has 4 rings (SSSR count). The van der Waals surface area contributed by atoms with Crippen LogP contribution in [0.1, 0.15) is 28.8 Å². The highest BCUT2D eigenvalue weighted by Gasteiger charge is 2.32. The first-order chi connectivity index (χ1) is 13.1. The van der Waals surface area contributed by atoms with Crippen molar-refractivity contribution >= 4 is 42.5 Å². The summed E-state index contributed by atoms with van der Waals surface area (Å²) in [6.45, 7) is 5.76. The zero-order valence-corrected chi connectivity index (χ0v) is 17.9. The maximum Gasteiger partial charge on any atom is 0.253 e. The zero-order chi connectivity index (χ0) is 18.8. The first kappa shape index (κ1) is 23.6. The fourth-order valence-corrected chi connectivity index (χ4v) is 4.29. The summed E-state index contributed by atoms with van der Waals surface area (Å²) >= 11 is 0. The molecular weight excluding hydrogens is 415 g/mol. The van der Waals surface area contributed by atoms with Crippen molar-refractivity contribution in [3.63, 3.8) is 0 Å². The van der Waals surface area contributed by atoms with Gasteiger partial charge >= 0.3 is 0 Å². The van der Waals surface area contributed by atoms with E-state index in [0.29, 0.717) is 18.0 Å². The number of benzene rings is 1. The van der Waals surface area contributed by atoms with E-state index in [2.05, 4.69) is 15.5 Å². The summed E-state index contributed by atoms with van der Waals surface area (Å²) in [4.78, 5) is 40.2. The van der Waals surface area contributed by atoms with Crippen LogP contribution in [0.3, 0.4) is 0 Å². The Morgan fingerprint density at radius 2 is 1.72 bits per heavy atom. The lowest BCUT2D eigenvalue weighted by Crippen LogP contribution is -2.49. The smallest absolute Gasteiger partial charge is 0.253 e. The molecule has 3 aliphatic heterocycles. The Bertz CT molecular complexity index is 738. The van der Waals surface area contributed by atoms with Gasteiger partial charge in [-0.1, -0.05) is 12.1 Å². The molecule has 3 amide bonds. The molecule has 0 radical (unpaired) electrons. The van der Waals surface area contributed by atoms with Gasteiger partial charge in [0, 0.05) is 57.3 Å². The van der Waals surface area contributed by atoms with Gasteiger partial charge in [-0.05, 0) is 30.5 Å². The molecule has 2 N–H and O–H groups in total. The van der Waals surface area contributed by atoms with Crippen LogP contribution in [0.5, 0.6) is 0 Å². The predicted molar refractivity (Wildman–Crippen MR) is 115 cm³/mol. The van der Waals surface area contributed by atoms with Crippen molar-refractivity contribution < 1.29 is 14.4 Å². The van der Waals surface area contributed by atoms with E-state index < -0.39 is 0 Å². The van der Waals surface area contributed by atoms with Crippen LogP contribution in [0, 0.1) is 5.92 Å². The maximum absolute atomic E-state index is 12.8. The number of carbonyl (C=O) groups is 3. The number of piperazine rings is 1. The molecule has 160 valence electrons. The van der Waals surface area contributed by atoms with Gasteiger partial charge in [0.2, 0.25) is 11.8 Å². The summed E-state index contributed by atoms with van der Waals surface area (Å²) in [6.07, 6.45) is 1.82. The molecule has 29 heavy (non-hydrogen) atoms. The topological polar surface area (TPSA) is 81.8 Å². The predicted octanol–water partition coefficient (Wildman–Crippen LogP) is 0.855. The summed E-state index contributed by atoms with van der Waals surface area (Å²) in [5.41, 5.74) is 1.66. The second kappa shape index (κ2) is 10.4. The molecule has 3 heterocycles. The van der Waals surface area contributed by atoms with Gasteiger partial charge in [0.15, 0.2) is 0 Å². The molecule has 0 saturated carbocycles. The van der Waals surface area contributed by atoms with E-state index in [1.807, 2.05) is 29.2 Å². The van der Waals surface area contributed by atoms with Crippen molar-refractivity contribution in [3.8, 4) is 0 Å². The van der Waals surface area contributed by atoms with E-state index in [-0.39, 0.29) is 54.9 Å². The van der Waals surface area contributed by atoms with Gasteiger partial charge in [0.1, 0.15) is 0 Å². The molecule has 1 aromatic carbocycles. The van der Waals surface area contributed by atoms with Crippen LogP contribution in [0.25, 0.3) is 0 Å². The van der Waals surface area contributed by atoms with Crippen molar-refractivity contribution in [3.05, 3.63) is 35.4 Å². The number of rotatable bonds is 4. The van der Waals surface area contributed by atoms with Crippen LogP contribution >= 0.6 is 24.8 Å². The van der Waals surface area contributed by atoms with Crippen LogP contribution in [-0.4, -0.2) is 72.8 Å². The normalized spacial score (nSPS) is 24.6. The Balaban J connectivity index is 0.00000150. The third-order valence-electron chi connectivity index (χ3n) is 5.87. The van der Waals surface area contributed by atoms with Crippen LogP contribution in [-0.2, 0) is 16.0 Å². The highest BCUT2D eigenvalue weighted by Crippen LogP contribution is 2.21. The summed E-state index contributed by atoms with van der Waals surface area (Å²) in [7, 11) is 0. The van der Waals surface area contributed by atoms with E-state index in [1.165, 1.54) is 0 Å². The van der Waals surface area contributed by atoms with Gasteiger partial charge in [-0.25, -0.2) is 0 Å². The van der Waals surface area contributed by atoms with E-state index in [4.69, 9.17) is 0 Å². The lowest BCUT2D eigenvalue weighted by atomic mass is 9.97. The Kier molecular flexibility index (Phi) is 8.46. The van der Waals surface area contributed by atoms with Crippen molar-refractivity contribution in [1.82, 2.24) is 20.4 Å². The molecule has 3 saturated heterocycles. The standard InChI is InChI=1S/C20H26N4O3.2ClH/c25-18-12-16(19(26)22-18)11-14-1-3-15(4-2-14)20(27)24-8-5-17(13-24)23-9-6-21-7-10-23;;/h1-4,16-17,21H,5-13H2,(H,22,25,26);2*1H. The van der Waals surface area contributed by atoms with Crippen LogP contribution in [0.2, 0.25) is 0 Å². The Labute approximate surface area is 183 Å². The number of hydrogen-bond donors (Lipinski definition) is 2. The molecule has 2 atom stereocenters. The first-order valence-corrected chi connectivity index (χ1v) is 9.77. The second-order valence-electron chi connectivity index (χ2n) is 7.69. The fraction of sp³-hybridized carbons (Fsp3) is 0.550. The number of likely N-dealkylation sites (tertiary alicyclic amines) is 1. The molecule has 7 nitrogen and oxygen atoms in total. The molecule has 3 fully saturated rings. The molecule has 0 spiro atoms. The van der Waals surface area contributed by atoms with E-state index in [0.717, 1.165) is 51.3 Å². The van der Waals surface area contributed by atoms with Gasteiger partial charge in [-0.15, -0.1) is 24.8 Å². The van der Waals surface area contributed by atoms with E-state index in [9.17, 15) is 14.4 Å². The SMILES string of the molecule is Cl.Cl.O=C1CC(Cc2ccc(C(=O)N3CCC(N4CCNCC4)C3)cc2)C(=O)N1. The molecule has 3 aliphatic rings. The van der Waals surface area contributed by atoms with Gasteiger partial charge < -0.3 is 10.2 Å². The first-order valence-electron chi connectivity index (χ1n) is 9.77. The fourth-order valence-electron chi connectivity index (χ4n) is 4.29. The van der Waals surface area contributed by atoms with Crippen LogP contribution in [0.15, 0.2) is 24.3 Å². The van der Waals surface area contributed by atoms with Crippen LogP contribution < -0.4 is 10.6 Å². The molecule has 0 bridgehead atoms. The Morgan fingerprint density at radius 1 is 1.03 bits per heavy atom. The highest BCUT2D eigenvalue weighted by atomic mass is 35.5. The Hall–Kier alpha value is -1.67. The number of nitrogens with one attached hydrogen (secondary N) is 2. The minimum absolute atomic E-state index is 0. The number of imide groups is 1. The van der Waals surface area contributed by atoms with Crippen molar-refractivity contribution in [1.29, 1.82) is 0 Å². The summed E-state index contributed by atoms with van der Waals surface area (Å²) in [6, 6.07) is 7.93. The third-order valence-corrected chi connectivity index (χ3v) is 5.87. The van der Waals surface area contributed by atoms with Crippen molar-refractivity contribution in [2.24, 2.45) is 5.92 Å². The minimum Gasteiger partial charge on any atom is -0.337 e. The average molecular weight is 443 g/mol. The summed E-state index contributed by atoms with van der Waals surface area (Å²) in [5.74, 6) is -0.619. The second-order valence-corrected chi connectivity index (χ2v) is 7.69. The largest absolute Gasteiger partial charge is 0.337 e. The third kappa shape index (κ3) is 5.48. The van der Waals surface area contributed by atoms with E-state index >= 15 is 0 Å². The minimum atomic E-state index is -0.294. The maximum atomic E-state index is 12.8. The zero-order valence-electron chi connectivity index (χ0n) is 16.3. The summed E-state index contributed by atoms with van der Waals surface area (Å²) in [5, 5.41) is 5.71. The molecular formula is C20H28Cl2N4O3. The number of carbonyl (C=O) groups excluding carboxylic acids is 3. The molecule has 0 aliphatic carbocycles. The lowest BCUT2D eigenvalue weighted by molar-refractivity contribution is -0.125. The molecule has 1 aromatic rings. The number of halogens is 2. The van der Waals surface area contributed by atoms with Gasteiger partial charge in [0.05, 0.1) is 5.92 Å². The lowest BCUT2D eigenvalue weighted by Gasteiger charge is -2.32. The number of nitrogens with zero attached hydrogens (tertiary/aromatic N) is 2. The molecule has 0 aromatic heterocycles. The highest BCUT2D eigenvalue weighted by molar-refractivity contribution is 6.03. The Morgan fingerprint density at radius 3 is 2.34 bits per heavy atom. The average Bonchev–Trinajstić information content (AvgIpc) is 3.29. The molecule has 9 heteroatoms. The van der Waals surface area contributed by atoms with E-state index in [1.54, 1.807) is 0 Å².